The van der Waals surface area contributed by atoms with E-state index < -0.39 is 0 Å². The van der Waals surface area contributed by atoms with Crippen LogP contribution in [0.25, 0.3) is 0 Å². The molecule has 19 heavy (non-hydrogen) atoms. The Labute approximate surface area is 113 Å². The highest BCUT2D eigenvalue weighted by atomic mass is 16.5. The van der Waals surface area contributed by atoms with Crippen LogP contribution in [0.1, 0.15) is 20.8 Å². The number of nitrogens with zero attached hydrogens (tertiary/aromatic N) is 1. The first-order valence-electron chi connectivity index (χ1n) is 6.60. The molecule has 1 unspecified atom stereocenters. The summed E-state index contributed by atoms with van der Waals surface area (Å²) in [5.74, 6) is 0.700. The molecule has 1 atom stereocenters. The van der Waals surface area contributed by atoms with Gasteiger partial charge in [0.15, 0.2) is 0 Å². The lowest BCUT2D eigenvalue weighted by atomic mass is 10.1. The van der Waals surface area contributed by atoms with Gasteiger partial charge in [0.05, 0.1) is 17.5 Å². The van der Waals surface area contributed by atoms with Crippen molar-refractivity contribution in [1.29, 1.82) is 0 Å². The van der Waals surface area contributed by atoms with E-state index in [2.05, 4.69) is 5.32 Å². The van der Waals surface area contributed by atoms with E-state index in [1.807, 2.05) is 43.9 Å². The normalized spacial score (nSPS) is 19.5. The van der Waals surface area contributed by atoms with E-state index in [4.69, 9.17) is 10.5 Å². The predicted molar refractivity (Wildman–Crippen MR) is 76.4 cm³/mol. The third-order valence-electron chi connectivity index (χ3n) is 3.21. The summed E-state index contributed by atoms with van der Waals surface area (Å²) in [6, 6.07) is 5.47. The fourth-order valence-electron chi connectivity index (χ4n) is 2.25. The summed E-state index contributed by atoms with van der Waals surface area (Å²) in [6.45, 7) is 7.19. The van der Waals surface area contributed by atoms with Gasteiger partial charge in [0.1, 0.15) is 11.8 Å². The monoisotopic (exact) mass is 263 g/mol. The zero-order valence-electron chi connectivity index (χ0n) is 11.6. The topological polar surface area (TPSA) is 67.6 Å². The summed E-state index contributed by atoms with van der Waals surface area (Å²) in [7, 11) is 0. The minimum atomic E-state index is -0.217. The quantitative estimate of drug-likeness (QED) is 0.808. The average molecular weight is 263 g/mol. The van der Waals surface area contributed by atoms with Gasteiger partial charge in [0, 0.05) is 13.1 Å². The van der Waals surface area contributed by atoms with Gasteiger partial charge >= 0.3 is 0 Å². The van der Waals surface area contributed by atoms with Crippen LogP contribution in [0, 0.1) is 0 Å². The summed E-state index contributed by atoms with van der Waals surface area (Å²) in [5.41, 5.74) is 7.63. The zero-order valence-corrected chi connectivity index (χ0v) is 11.6. The van der Waals surface area contributed by atoms with Gasteiger partial charge in [-0.05, 0) is 32.9 Å². The number of benzene rings is 1. The molecular weight excluding hydrogens is 242 g/mol. The Hall–Kier alpha value is -1.91. The Morgan fingerprint density at radius 2 is 2.21 bits per heavy atom. The highest BCUT2D eigenvalue weighted by Crippen LogP contribution is 2.34. The SMILES string of the molecule is CC(C)Oc1cccc(N2CCNC(=O)C2C)c1N. The number of nitrogens with one attached hydrogen (secondary N) is 1. The number of ether oxygens (including phenoxy) is 1. The maximum atomic E-state index is 11.7. The third kappa shape index (κ3) is 2.75. The van der Waals surface area contributed by atoms with Crippen LogP contribution in [-0.4, -0.2) is 31.1 Å². The highest BCUT2D eigenvalue weighted by Gasteiger charge is 2.27. The van der Waals surface area contributed by atoms with Gasteiger partial charge in [-0.3, -0.25) is 4.79 Å². The molecule has 3 N–H and O–H groups in total. The molecule has 0 saturated carbocycles. The molecular formula is C14H21N3O2. The van der Waals surface area contributed by atoms with E-state index in [0.717, 1.165) is 12.2 Å². The number of hydrogen-bond donors (Lipinski definition) is 2. The molecule has 0 spiro atoms. The summed E-state index contributed by atoms with van der Waals surface area (Å²) >= 11 is 0. The summed E-state index contributed by atoms with van der Waals surface area (Å²) in [5, 5.41) is 2.85. The van der Waals surface area contributed by atoms with Gasteiger partial charge < -0.3 is 20.7 Å². The van der Waals surface area contributed by atoms with Gasteiger partial charge in [-0.15, -0.1) is 0 Å². The smallest absolute Gasteiger partial charge is 0.242 e. The van der Waals surface area contributed by atoms with Crippen molar-refractivity contribution in [2.45, 2.75) is 32.9 Å². The van der Waals surface area contributed by atoms with Gasteiger partial charge in [0.2, 0.25) is 5.91 Å². The molecule has 104 valence electrons. The van der Waals surface area contributed by atoms with Crippen LogP contribution in [0.4, 0.5) is 11.4 Å². The lowest BCUT2D eigenvalue weighted by Gasteiger charge is -2.35. The van der Waals surface area contributed by atoms with Crippen molar-refractivity contribution < 1.29 is 9.53 Å². The molecule has 1 saturated heterocycles. The number of hydrogen-bond acceptors (Lipinski definition) is 4. The van der Waals surface area contributed by atoms with Crippen molar-refractivity contribution in [3.8, 4) is 5.75 Å². The number of nitrogens with two attached hydrogens (primary N) is 1. The molecule has 1 heterocycles. The Morgan fingerprint density at radius 3 is 2.89 bits per heavy atom. The van der Waals surface area contributed by atoms with Crippen molar-refractivity contribution in [3.05, 3.63) is 18.2 Å². The molecule has 1 fully saturated rings. The van der Waals surface area contributed by atoms with Crippen LogP contribution in [0.2, 0.25) is 0 Å². The van der Waals surface area contributed by atoms with Crippen LogP contribution in [0.3, 0.4) is 0 Å². The molecule has 0 bridgehead atoms. The van der Waals surface area contributed by atoms with Crippen molar-refractivity contribution in [3.63, 3.8) is 0 Å². The van der Waals surface area contributed by atoms with E-state index in [0.29, 0.717) is 18.0 Å². The van der Waals surface area contributed by atoms with Crippen molar-refractivity contribution in [2.24, 2.45) is 0 Å². The first kappa shape index (κ1) is 13.5. The fraction of sp³-hybridized carbons (Fsp3) is 0.500. The van der Waals surface area contributed by atoms with Gasteiger partial charge in [-0.1, -0.05) is 6.07 Å². The zero-order chi connectivity index (χ0) is 14.0. The number of piperazine rings is 1. The van der Waals surface area contributed by atoms with Crippen molar-refractivity contribution in [2.75, 3.05) is 23.7 Å². The fourth-order valence-corrected chi connectivity index (χ4v) is 2.25. The number of rotatable bonds is 3. The Morgan fingerprint density at radius 1 is 1.47 bits per heavy atom. The number of amides is 1. The largest absolute Gasteiger partial charge is 0.489 e. The lowest BCUT2D eigenvalue weighted by Crippen LogP contribution is -2.54. The van der Waals surface area contributed by atoms with E-state index in [-0.39, 0.29) is 18.1 Å². The van der Waals surface area contributed by atoms with Crippen LogP contribution < -0.4 is 20.7 Å². The molecule has 1 amide bonds. The second kappa shape index (κ2) is 5.38. The first-order chi connectivity index (χ1) is 9.00. The standard InChI is InChI=1S/C14H21N3O2/c1-9(2)19-12-6-4-5-11(13(12)15)17-8-7-16-14(18)10(17)3/h4-6,9-10H,7-8,15H2,1-3H3,(H,16,18). The number of carbonyl (C=O) groups excluding carboxylic acids is 1. The van der Waals surface area contributed by atoms with Crippen LogP contribution in [0.5, 0.6) is 5.75 Å². The maximum absolute atomic E-state index is 11.7. The molecule has 5 heteroatoms. The third-order valence-corrected chi connectivity index (χ3v) is 3.21. The molecule has 0 radical (unpaired) electrons. The summed E-state index contributed by atoms with van der Waals surface area (Å²) in [4.78, 5) is 13.7. The first-order valence-corrected chi connectivity index (χ1v) is 6.60. The number of carbonyl (C=O) groups is 1. The number of anilines is 2. The van der Waals surface area contributed by atoms with Crippen LogP contribution in [-0.2, 0) is 4.79 Å². The summed E-state index contributed by atoms with van der Waals surface area (Å²) in [6.07, 6.45) is 0.0691. The predicted octanol–water partition coefficient (Wildman–Crippen LogP) is 1.38. The second-order valence-electron chi connectivity index (χ2n) is 5.02. The lowest BCUT2D eigenvalue weighted by molar-refractivity contribution is -0.122. The molecule has 2 rings (SSSR count). The van der Waals surface area contributed by atoms with E-state index >= 15 is 0 Å². The molecule has 5 nitrogen and oxygen atoms in total. The highest BCUT2D eigenvalue weighted by molar-refractivity contribution is 5.88. The molecule has 1 aliphatic heterocycles. The molecule has 1 aromatic carbocycles. The van der Waals surface area contributed by atoms with E-state index in [1.165, 1.54) is 0 Å². The Kier molecular flexibility index (Phi) is 3.83. The van der Waals surface area contributed by atoms with Gasteiger partial charge in [-0.2, -0.15) is 0 Å². The Balaban J connectivity index is 2.31. The van der Waals surface area contributed by atoms with Crippen LogP contribution in [0.15, 0.2) is 18.2 Å². The second-order valence-corrected chi connectivity index (χ2v) is 5.02. The van der Waals surface area contributed by atoms with Crippen LogP contribution >= 0.6 is 0 Å². The summed E-state index contributed by atoms with van der Waals surface area (Å²) < 4.78 is 5.69. The van der Waals surface area contributed by atoms with Gasteiger partial charge in [-0.25, -0.2) is 0 Å². The molecule has 0 aromatic heterocycles. The number of nitrogen functional groups attached to an aromatic ring is 1. The Bertz CT molecular complexity index is 474. The van der Waals surface area contributed by atoms with Crippen molar-refractivity contribution >= 4 is 17.3 Å². The number of para-hydroxylation sites is 1. The molecule has 1 aromatic rings. The maximum Gasteiger partial charge on any atom is 0.242 e. The average Bonchev–Trinajstić information content (AvgIpc) is 2.35. The van der Waals surface area contributed by atoms with E-state index in [1.54, 1.807) is 0 Å². The minimum Gasteiger partial charge on any atom is -0.489 e. The minimum absolute atomic E-state index is 0.0285. The van der Waals surface area contributed by atoms with Crippen molar-refractivity contribution in [1.82, 2.24) is 5.32 Å². The molecule has 1 aliphatic rings. The molecule has 0 aliphatic carbocycles. The van der Waals surface area contributed by atoms with Gasteiger partial charge in [0.25, 0.3) is 0 Å². The van der Waals surface area contributed by atoms with E-state index in [9.17, 15) is 4.79 Å².